The van der Waals surface area contributed by atoms with Gasteiger partial charge in [0.25, 0.3) is 5.91 Å². The van der Waals surface area contributed by atoms with Gasteiger partial charge in [-0.2, -0.15) is 0 Å². The van der Waals surface area contributed by atoms with Gasteiger partial charge in [-0.25, -0.2) is 0 Å². The molecule has 0 aromatic heterocycles. The van der Waals surface area contributed by atoms with Crippen LogP contribution in [0.1, 0.15) is 62.4 Å². The van der Waals surface area contributed by atoms with Gasteiger partial charge in [-0.1, -0.05) is 30.7 Å². The number of carbonyl (C=O) groups excluding carboxylic acids is 2. The average Bonchev–Trinajstić information content (AvgIpc) is 2.57. The summed E-state index contributed by atoms with van der Waals surface area (Å²) in [6.45, 7) is 7.90. The molecule has 0 spiro atoms. The predicted octanol–water partition coefficient (Wildman–Crippen LogP) is 4.26. The Bertz CT molecular complexity index is 689. The minimum absolute atomic E-state index is 0.0108. The summed E-state index contributed by atoms with van der Waals surface area (Å²) in [7, 11) is 3.50. The monoisotopic (exact) mass is 356 g/mol. The molecule has 1 atom stereocenters. The molecule has 2 rings (SSSR count). The Kier molecular flexibility index (Phi) is 6.63. The average molecular weight is 357 g/mol. The zero-order valence-corrected chi connectivity index (χ0v) is 16.8. The highest BCUT2D eigenvalue weighted by Gasteiger charge is 2.34. The van der Waals surface area contributed by atoms with Crippen molar-refractivity contribution in [2.24, 2.45) is 5.41 Å². The van der Waals surface area contributed by atoms with Crippen LogP contribution in [0.15, 0.2) is 35.9 Å². The highest BCUT2D eigenvalue weighted by Crippen LogP contribution is 2.35. The second-order valence-electron chi connectivity index (χ2n) is 8.28. The fraction of sp³-hybridized carbons (Fsp3) is 0.545. The fourth-order valence-electron chi connectivity index (χ4n) is 3.53. The molecule has 1 heterocycles. The first-order chi connectivity index (χ1) is 12.2. The number of nitrogens with zero attached hydrogens (tertiary/aromatic N) is 2. The van der Waals surface area contributed by atoms with Crippen molar-refractivity contribution in [3.8, 4) is 0 Å². The first kappa shape index (κ1) is 20.2. The molecule has 26 heavy (non-hydrogen) atoms. The maximum absolute atomic E-state index is 12.4. The number of piperidine rings is 1. The van der Waals surface area contributed by atoms with E-state index < -0.39 is 0 Å². The lowest BCUT2D eigenvalue weighted by Gasteiger charge is -2.40. The van der Waals surface area contributed by atoms with Crippen molar-refractivity contribution < 1.29 is 9.59 Å². The number of amides is 2. The summed E-state index contributed by atoms with van der Waals surface area (Å²) < 4.78 is 0. The van der Waals surface area contributed by atoms with E-state index in [1.54, 1.807) is 19.0 Å². The molecule has 2 amide bonds. The van der Waals surface area contributed by atoms with Gasteiger partial charge in [0, 0.05) is 39.2 Å². The van der Waals surface area contributed by atoms with Crippen molar-refractivity contribution in [3.05, 3.63) is 47.0 Å². The van der Waals surface area contributed by atoms with E-state index in [2.05, 4.69) is 26.8 Å². The molecular formula is C22H32N2O2. The van der Waals surface area contributed by atoms with Crippen LogP contribution in [0.25, 0.3) is 0 Å². The number of benzene rings is 1. The van der Waals surface area contributed by atoms with Gasteiger partial charge in [-0.05, 0) is 56.2 Å². The van der Waals surface area contributed by atoms with Crippen LogP contribution in [-0.4, -0.2) is 42.3 Å². The molecule has 4 nitrogen and oxygen atoms in total. The number of hydrogen-bond acceptors (Lipinski definition) is 2. The van der Waals surface area contributed by atoms with Gasteiger partial charge in [-0.15, -0.1) is 0 Å². The van der Waals surface area contributed by atoms with Gasteiger partial charge in [0.15, 0.2) is 0 Å². The fourth-order valence-corrected chi connectivity index (χ4v) is 3.53. The number of hydrogen-bond donors (Lipinski definition) is 0. The van der Waals surface area contributed by atoms with Crippen LogP contribution in [0.4, 0.5) is 0 Å². The van der Waals surface area contributed by atoms with Crippen LogP contribution < -0.4 is 0 Å². The van der Waals surface area contributed by atoms with Crippen LogP contribution in [0.3, 0.4) is 0 Å². The number of carbonyl (C=O) groups is 2. The quantitative estimate of drug-likeness (QED) is 0.715. The van der Waals surface area contributed by atoms with Gasteiger partial charge >= 0.3 is 0 Å². The number of likely N-dealkylation sites (tertiary alicyclic amines) is 1. The van der Waals surface area contributed by atoms with E-state index in [0.717, 1.165) is 31.4 Å². The summed E-state index contributed by atoms with van der Waals surface area (Å²) >= 11 is 0. The molecule has 4 heteroatoms. The van der Waals surface area contributed by atoms with Crippen molar-refractivity contribution in [1.29, 1.82) is 0 Å². The molecule has 0 saturated carbocycles. The molecule has 1 aliphatic rings. The Morgan fingerprint density at radius 2 is 2.04 bits per heavy atom. The van der Waals surface area contributed by atoms with E-state index in [1.807, 2.05) is 29.2 Å². The predicted molar refractivity (Wildman–Crippen MR) is 106 cm³/mol. The van der Waals surface area contributed by atoms with Gasteiger partial charge in [0.1, 0.15) is 0 Å². The number of rotatable bonds is 6. The van der Waals surface area contributed by atoms with Crippen LogP contribution >= 0.6 is 0 Å². The molecule has 1 aliphatic heterocycles. The molecule has 1 fully saturated rings. The standard InChI is InChI=1S/C22H32N2O2/c1-17(2)8-7-12-22(3)13-11-20(25)24(16-22)15-18-9-6-10-19(14-18)21(26)23(4)5/h6,8-10,14H,7,11-13,15-16H2,1-5H3/t22-/m0/s1. The first-order valence-corrected chi connectivity index (χ1v) is 9.42. The lowest BCUT2D eigenvalue weighted by Crippen LogP contribution is -2.44. The topological polar surface area (TPSA) is 40.6 Å². The molecule has 0 aliphatic carbocycles. The zero-order valence-electron chi connectivity index (χ0n) is 16.8. The SMILES string of the molecule is CC(C)=CCC[C@@]1(C)CCC(=O)N(Cc2cccc(C(=O)N(C)C)c2)C1. The van der Waals surface area contributed by atoms with E-state index in [4.69, 9.17) is 0 Å². The third-order valence-corrected chi connectivity index (χ3v) is 5.12. The smallest absolute Gasteiger partial charge is 0.253 e. The molecule has 0 radical (unpaired) electrons. The zero-order chi connectivity index (χ0) is 19.3. The summed E-state index contributed by atoms with van der Waals surface area (Å²) in [6.07, 6.45) is 6.01. The van der Waals surface area contributed by atoms with Gasteiger partial charge in [0.2, 0.25) is 5.91 Å². The van der Waals surface area contributed by atoms with Crippen LogP contribution in [0.5, 0.6) is 0 Å². The Morgan fingerprint density at radius 3 is 2.69 bits per heavy atom. The summed E-state index contributed by atoms with van der Waals surface area (Å²) in [6, 6.07) is 7.63. The van der Waals surface area contributed by atoms with Crippen molar-refractivity contribution in [3.63, 3.8) is 0 Å². The molecule has 1 aromatic carbocycles. The molecule has 0 unspecified atom stereocenters. The molecule has 1 aromatic rings. The van der Waals surface area contributed by atoms with Crippen LogP contribution in [-0.2, 0) is 11.3 Å². The molecule has 0 N–H and O–H groups in total. The third kappa shape index (κ3) is 5.45. The maximum Gasteiger partial charge on any atom is 0.253 e. The molecule has 1 saturated heterocycles. The summed E-state index contributed by atoms with van der Waals surface area (Å²) in [5, 5.41) is 0. The second-order valence-corrected chi connectivity index (χ2v) is 8.28. The number of allylic oxidation sites excluding steroid dienone is 2. The summed E-state index contributed by atoms with van der Waals surface area (Å²) in [5.74, 6) is 0.206. The van der Waals surface area contributed by atoms with Crippen LogP contribution in [0, 0.1) is 5.41 Å². The van der Waals surface area contributed by atoms with Gasteiger partial charge in [0.05, 0.1) is 0 Å². The Labute approximate surface area is 157 Å². The van der Waals surface area contributed by atoms with E-state index >= 15 is 0 Å². The van der Waals surface area contributed by atoms with E-state index in [1.165, 1.54) is 5.57 Å². The Morgan fingerprint density at radius 1 is 1.31 bits per heavy atom. The lowest BCUT2D eigenvalue weighted by atomic mass is 9.77. The maximum atomic E-state index is 12.4. The van der Waals surface area contributed by atoms with E-state index in [0.29, 0.717) is 18.5 Å². The van der Waals surface area contributed by atoms with Crippen molar-refractivity contribution in [2.75, 3.05) is 20.6 Å². The highest BCUT2D eigenvalue weighted by molar-refractivity contribution is 5.94. The summed E-state index contributed by atoms with van der Waals surface area (Å²) in [5.41, 5.74) is 3.19. The van der Waals surface area contributed by atoms with Crippen molar-refractivity contribution in [2.45, 2.75) is 53.0 Å². The second kappa shape index (κ2) is 8.52. The molecular weight excluding hydrogens is 324 g/mol. The minimum Gasteiger partial charge on any atom is -0.345 e. The third-order valence-electron chi connectivity index (χ3n) is 5.12. The van der Waals surface area contributed by atoms with E-state index in [-0.39, 0.29) is 17.2 Å². The molecule has 0 bridgehead atoms. The Hall–Kier alpha value is -2.10. The van der Waals surface area contributed by atoms with Crippen molar-refractivity contribution in [1.82, 2.24) is 9.80 Å². The first-order valence-electron chi connectivity index (χ1n) is 9.42. The van der Waals surface area contributed by atoms with E-state index in [9.17, 15) is 9.59 Å². The molecule has 142 valence electrons. The van der Waals surface area contributed by atoms with Crippen LogP contribution in [0.2, 0.25) is 0 Å². The highest BCUT2D eigenvalue weighted by atomic mass is 16.2. The van der Waals surface area contributed by atoms with Gasteiger partial charge in [-0.3, -0.25) is 9.59 Å². The van der Waals surface area contributed by atoms with Crippen molar-refractivity contribution >= 4 is 11.8 Å². The minimum atomic E-state index is -0.0108. The summed E-state index contributed by atoms with van der Waals surface area (Å²) in [4.78, 5) is 28.1. The normalized spacial score (nSPS) is 20.0. The Balaban J connectivity index is 2.07. The van der Waals surface area contributed by atoms with Gasteiger partial charge < -0.3 is 9.80 Å². The largest absolute Gasteiger partial charge is 0.345 e. The lowest BCUT2D eigenvalue weighted by molar-refractivity contribution is -0.138.